The van der Waals surface area contributed by atoms with Crippen molar-refractivity contribution in [2.75, 3.05) is 6.54 Å². The monoisotopic (exact) mass is 421 g/mol. The Morgan fingerprint density at radius 2 is 1.83 bits per heavy atom. The van der Waals surface area contributed by atoms with Gasteiger partial charge in [0.1, 0.15) is 5.82 Å². The van der Waals surface area contributed by atoms with E-state index in [1.807, 2.05) is 17.0 Å². The number of halogens is 5. The van der Waals surface area contributed by atoms with Crippen LogP contribution >= 0.6 is 11.6 Å². The first kappa shape index (κ1) is 19.8. The second-order valence-electron chi connectivity index (χ2n) is 6.91. The minimum atomic E-state index is -4.71. The molecule has 0 N–H and O–H groups in total. The third-order valence-electron chi connectivity index (χ3n) is 4.89. The Bertz CT molecular complexity index is 1040. The predicted octanol–water partition coefficient (Wildman–Crippen LogP) is 5.51. The van der Waals surface area contributed by atoms with Crippen LogP contribution in [0, 0.1) is 5.82 Å². The van der Waals surface area contributed by atoms with E-state index in [0.29, 0.717) is 30.4 Å². The van der Waals surface area contributed by atoms with Crippen LogP contribution < -0.4 is 0 Å². The molecule has 3 aromatic rings. The number of nitrogens with zero attached hydrogens (tertiary/aromatic N) is 3. The Balaban J connectivity index is 1.52. The molecule has 29 heavy (non-hydrogen) atoms. The Morgan fingerprint density at radius 3 is 2.55 bits per heavy atom. The normalized spacial score (nSPS) is 14.7. The van der Waals surface area contributed by atoms with Crippen LogP contribution in [0.1, 0.15) is 22.4 Å². The quantitative estimate of drug-likeness (QED) is 0.522. The zero-order chi connectivity index (χ0) is 20.6. The second kappa shape index (κ2) is 7.72. The molecular weight excluding hydrogens is 406 g/mol. The highest BCUT2D eigenvalue weighted by molar-refractivity contribution is 6.30. The molecular formula is C21H16ClF4N3. The number of rotatable bonds is 3. The summed E-state index contributed by atoms with van der Waals surface area (Å²) in [7, 11) is 0. The van der Waals surface area contributed by atoms with Gasteiger partial charge in [0.15, 0.2) is 5.82 Å². The fraction of sp³-hybridized carbons (Fsp3) is 0.238. The van der Waals surface area contributed by atoms with Crippen molar-refractivity contribution in [1.82, 2.24) is 14.9 Å². The summed E-state index contributed by atoms with van der Waals surface area (Å²) in [6, 6.07) is 10.6. The molecule has 0 fully saturated rings. The molecule has 1 aromatic heterocycles. The van der Waals surface area contributed by atoms with Gasteiger partial charge in [-0.3, -0.25) is 4.90 Å². The van der Waals surface area contributed by atoms with Crippen molar-refractivity contribution in [3.8, 4) is 11.4 Å². The fourth-order valence-electron chi connectivity index (χ4n) is 3.41. The molecule has 0 atom stereocenters. The lowest BCUT2D eigenvalue weighted by atomic mass is 10.0. The maximum Gasteiger partial charge on any atom is 0.419 e. The van der Waals surface area contributed by atoms with Crippen LogP contribution in [-0.2, 0) is 25.7 Å². The summed E-state index contributed by atoms with van der Waals surface area (Å²) in [5.74, 6) is -0.613. The van der Waals surface area contributed by atoms with Gasteiger partial charge >= 0.3 is 6.18 Å². The highest BCUT2D eigenvalue weighted by Gasteiger charge is 2.35. The number of hydrogen-bond acceptors (Lipinski definition) is 3. The van der Waals surface area contributed by atoms with E-state index in [2.05, 4.69) is 9.97 Å². The van der Waals surface area contributed by atoms with Gasteiger partial charge in [-0.15, -0.1) is 0 Å². The van der Waals surface area contributed by atoms with E-state index in [1.54, 1.807) is 18.3 Å². The van der Waals surface area contributed by atoms with Crippen LogP contribution in [0.2, 0.25) is 5.02 Å². The SMILES string of the molecule is Fc1c(CN2CCc3nc(-c4ccc(Cl)cc4)ncc3C2)cccc1C(F)(F)F. The molecule has 0 aliphatic carbocycles. The van der Waals surface area contributed by atoms with Crippen molar-refractivity contribution in [2.45, 2.75) is 25.7 Å². The maximum absolute atomic E-state index is 14.3. The molecule has 0 saturated carbocycles. The molecule has 0 amide bonds. The van der Waals surface area contributed by atoms with E-state index in [9.17, 15) is 17.6 Å². The lowest BCUT2D eigenvalue weighted by Crippen LogP contribution is -2.31. The molecule has 0 radical (unpaired) electrons. The molecule has 2 heterocycles. The molecule has 3 nitrogen and oxygen atoms in total. The van der Waals surface area contributed by atoms with Crippen molar-refractivity contribution in [3.63, 3.8) is 0 Å². The minimum Gasteiger partial charge on any atom is -0.294 e. The minimum absolute atomic E-state index is 0.0296. The molecule has 0 bridgehead atoms. The van der Waals surface area contributed by atoms with Gasteiger partial charge in [-0.25, -0.2) is 14.4 Å². The molecule has 0 unspecified atom stereocenters. The Kier molecular flexibility index (Phi) is 5.27. The van der Waals surface area contributed by atoms with Gasteiger partial charge in [-0.05, 0) is 30.3 Å². The van der Waals surface area contributed by atoms with E-state index < -0.39 is 17.6 Å². The van der Waals surface area contributed by atoms with Crippen molar-refractivity contribution in [1.29, 1.82) is 0 Å². The van der Waals surface area contributed by atoms with Gasteiger partial charge in [0.05, 0.1) is 11.3 Å². The van der Waals surface area contributed by atoms with E-state index in [-0.39, 0.29) is 12.1 Å². The largest absolute Gasteiger partial charge is 0.419 e. The van der Waals surface area contributed by atoms with Gasteiger partial charge in [0, 0.05) is 54.0 Å². The summed E-state index contributed by atoms with van der Waals surface area (Å²) in [6.07, 6.45) is -2.37. The maximum atomic E-state index is 14.3. The molecule has 8 heteroatoms. The Hall–Kier alpha value is -2.51. The fourth-order valence-corrected chi connectivity index (χ4v) is 3.54. The number of benzene rings is 2. The summed E-state index contributed by atoms with van der Waals surface area (Å²) in [5, 5.41) is 0.629. The molecule has 150 valence electrons. The van der Waals surface area contributed by atoms with Gasteiger partial charge < -0.3 is 0 Å². The molecule has 1 aliphatic heterocycles. The van der Waals surface area contributed by atoms with Gasteiger partial charge in [-0.1, -0.05) is 23.7 Å². The average molecular weight is 422 g/mol. The summed E-state index contributed by atoms with van der Waals surface area (Å²) >= 11 is 5.91. The van der Waals surface area contributed by atoms with Gasteiger partial charge in [0.2, 0.25) is 0 Å². The van der Waals surface area contributed by atoms with Crippen molar-refractivity contribution < 1.29 is 17.6 Å². The molecule has 2 aromatic carbocycles. The Labute approximate surface area is 170 Å². The lowest BCUT2D eigenvalue weighted by molar-refractivity contribution is -0.140. The second-order valence-corrected chi connectivity index (χ2v) is 7.35. The zero-order valence-electron chi connectivity index (χ0n) is 15.2. The van der Waals surface area contributed by atoms with Crippen LogP contribution in [0.4, 0.5) is 17.6 Å². The standard InChI is InChI=1S/C21H16ClF4N3/c22-16-6-4-13(5-7-16)20-27-10-15-12-29(9-8-18(15)28-20)11-14-2-1-3-17(19(14)23)21(24,25)26/h1-7,10H,8-9,11-12H2. The molecule has 4 rings (SSSR count). The third-order valence-corrected chi connectivity index (χ3v) is 5.15. The van der Waals surface area contributed by atoms with Crippen LogP contribution in [0.5, 0.6) is 0 Å². The van der Waals surface area contributed by atoms with E-state index in [0.717, 1.165) is 22.9 Å². The lowest BCUT2D eigenvalue weighted by Gasteiger charge is -2.28. The predicted molar refractivity (Wildman–Crippen MR) is 102 cm³/mol. The van der Waals surface area contributed by atoms with Crippen LogP contribution in [0.15, 0.2) is 48.7 Å². The third kappa shape index (κ3) is 4.26. The molecule has 0 spiro atoms. The highest BCUT2D eigenvalue weighted by atomic mass is 35.5. The van der Waals surface area contributed by atoms with Crippen LogP contribution in [0.3, 0.4) is 0 Å². The number of fused-ring (bicyclic) bond motifs is 1. The van der Waals surface area contributed by atoms with Crippen molar-refractivity contribution in [3.05, 3.63) is 81.9 Å². The highest BCUT2D eigenvalue weighted by Crippen LogP contribution is 2.33. The van der Waals surface area contributed by atoms with E-state index in [1.165, 1.54) is 12.1 Å². The molecule has 0 saturated heterocycles. The number of hydrogen-bond donors (Lipinski definition) is 0. The molecule has 1 aliphatic rings. The first-order chi connectivity index (χ1) is 13.8. The van der Waals surface area contributed by atoms with Gasteiger partial charge in [-0.2, -0.15) is 13.2 Å². The Morgan fingerprint density at radius 1 is 1.07 bits per heavy atom. The summed E-state index contributed by atoms with van der Waals surface area (Å²) < 4.78 is 53.1. The number of alkyl halides is 3. The van der Waals surface area contributed by atoms with Crippen molar-refractivity contribution in [2.24, 2.45) is 0 Å². The van der Waals surface area contributed by atoms with Gasteiger partial charge in [0.25, 0.3) is 0 Å². The van der Waals surface area contributed by atoms with Crippen LogP contribution in [0.25, 0.3) is 11.4 Å². The van der Waals surface area contributed by atoms with Crippen LogP contribution in [-0.4, -0.2) is 21.4 Å². The summed E-state index contributed by atoms with van der Waals surface area (Å²) in [6.45, 7) is 1.11. The number of aromatic nitrogens is 2. The first-order valence-electron chi connectivity index (χ1n) is 8.99. The average Bonchev–Trinajstić information content (AvgIpc) is 2.69. The summed E-state index contributed by atoms with van der Waals surface area (Å²) in [5.41, 5.74) is 1.43. The van der Waals surface area contributed by atoms with E-state index >= 15 is 0 Å². The summed E-state index contributed by atoms with van der Waals surface area (Å²) in [4.78, 5) is 10.9. The zero-order valence-corrected chi connectivity index (χ0v) is 15.9. The van der Waals surface area contributed by atoms with Crippen molar-refractivity contribution >= 4 is 11.6 Å². The van der Waals surface area contributed by atoms with E-state index in [4.69, 9.17) is 11.6 Å². The topological polar surface area (TPSA) is 29.0 Å². The smallest absolute Gasteiger partial charge is 0.294 e. The first-order valence-corrected chi connectivity index (χ1v) is 9.37.